The number of benzene rings is 1. The highest BCUT2D eigenvalue weighted by Crippen LogP contribution is 2.18. The van der Waals surface area contributed by atoms with E-state index < -0.39 is 21.3 Å². The molecule has 0 atom stereocenters. The van der Waals surface area contributed by atoms with Gasteiger partial charge in [-0.15, -0.1) is 0 Å². The van der Waals surface area contributed by atoms with Crippen LogP contribution in [0.2, 0.25) is 0 Å². The Morgan fingerprint density at radius 1 is 1.17 bits per heavy atom. The maximum absolute atomic E-state index is 12.2. The number of furan rings is 1. The molecule has 0 spiro atoms. The van der Waals surface area contributed by atoms with Crippen LogP contribution in [0.1, 0.15) is 30.0 Å². The Labute approximate surface area is 144 Å². The fourth-order valence-electron chi connectivity index (χ4n) is 2.17. The van der Waals surface area contributed by atoms with E-state index >= 15 is 0 Å². The van der Waals surface area contributed by atoms with Crippen LogP contribution in [0.3, 0.4) is 0 Å². The Bertz CT molecular complexity index is 807. The zero-order chi connectivity index (χ0) is 17.3. The van der Waals surface area contributed by atoms with Gasteiger partial charge in [-0.1, -0.05) is 28.1 Å². The summed E-state index contributed by atoms with van der Waals surface area (Å²) < 4.78 is 28.9. The smallest absolute Gasteiger partial charge is 0.287 e. The third kappa shape index (κ3) is 4.94. The quantitative estimate of drug-likeness (QED) is 0.837. The van der Waals surface area contributed by atoms with Crippen molar-refractivity contribution in [1.29, 1.82) is 0 Å². The monoisotopic (exact) mass is 399 g/mol. The average Bonchev–Trinajstić information content (AvgIpc) is 2.90. The van der Waals surface area contributed by atoms with Crippen LogP contribution in [0.15, 0.2) is 50.4 Å². The van der Waals surface area contributed by atoms with E-state index in [0.29, 0.717) is 6.42 Å². The van der Waals surface area contributed by atoms with Gasteiger partial charge in [0.2, 0.25) is 14.9 Å². The third-order valence-corrected chi connectivity index (χ3v) is 4.66. The summed E-state index contributed by atoms with van der Waals surface area (Å²) in [5.74, 6) is -0.462. The Kier molecular flexibility index (Phi) is 5.01. The lowest BCUT2D eigenvalue weighted by molar-refractivity contribution is 0.0879. The molecule has 0 aliphatic carbocycles. The standard InChI is InChI=1S/C16H18BrNO4S/c1-16(2,10-11-4-6-12(17)7-5-11)18-15(19)13-8-9-14(22-13)23(3,20)21/h4-9H,10H2,1-3H3,(H,18,19). The van der Waals surface area contributed by atoms with E-state index in [1.165, 1.54) is 12.1 Å². The van der Waals surface area contributed by atoms with Crippen LogP contribution in [0, 0.1) is 0 Å². The third-order valence-electron chi connectivity index (χ3n) is 3.18. The molecule has 2 rings (SSSR count). The van der Waals surface area contributed by atoms with Gasteiger partial charge in [0.1, 0.15) is 0 Å². The minimum absolute atomic E-state index is 0.0192. The van der Waals surface area contributed by atoms with E-state index in [9.17, 15) is 13.2 Å². The van der Waals surface area contributed by atoms with Crippen molar-refractivity contribution < 1.29 is 17.6 Å². The van der Waals surface area contributed by atoms with Crippen molar-refractivity contribution in [2.24, 2.45) is 0 Å². The Balaban J connectivity index is 2.08. The van der Waals surface area contributed by atoms with Crippen LogP contribution in [-0.2, 0) is 16.3 Å². The zero-order valence-corrected chi connectivity index (χ0v) is 15.5. The van der Waals surface area contributed by atoms with Gasteiger partial charge in [0.25, 0.3) is 5.91 Å². The minimum atomic E-state index is -3.46. The maximum Gasteiger partial charge on any atom is 0.287 e. The van der Waals surface area contributed by atoms with Crippen LogP contribution < -0.4 is 5.32 Å². The highest BCUT2D eigenvalue weighted by Gasteiger charge is 2.24. The number of nitrogens with one attached hydrogen (secondary N) is 1. The fraction of sp³-hybridized carbons (Fsp3) is 0.312. The van der Waals surface area contributed by atoms with Crippen molar-refractivity contribution in [2.45, 2.75) is 30.9 Å². The molecule has 1 aromatic heterocycles. The summed E-state index contributed by atoms with van der Waals surface area (Å²) >= 11 is 3.38. The summed E-state index contributed by atoms with van der Waals surface area (Å²) in [7, 11) is -3.46. The highest BCUT2D eigenvalue weighted by atomic mass is 79.9. The molecule has 1 N–H and O–H groups in total. The van der Waals surface area contributed by atoms with Crippen LogP contribution in [0.5, 0.6) is 0 Å². The van der Waals surface area contributed by atoms with Crippen molar-refractivity contribution in [2.75, 3.05) is 6.26 Å². The molecule has 7 heteroatoms. The summed E-state index contributed by atoms with van der Waals surface area (Å²) in [5.41, 5.74) is 0.568. The van der Waals surface area contributed by atoms with Gasteiger partial charge in [-0.2, -0.15) is 0 Å². The summed E-state index contributed by atoms with van der Waals surface area (Å²) in [5, 5.41) is 2.65. The van der Waals surface area contributed by atoms with E-state index in [0.717, 1.165) is 16.3 Å². The van der Waals surface area contributed by atoms with Crippen molar-refractivity contribution in [1.82, 2.24) is 5.32 Å². The molecule has 0 saturated carbocycles. The SMILES string of the molecule is CC(C)(Cc1ccc(Br)cc1)NC(=O)c1ccc(S(C)(=O)=O)o1. The van der Waals surface area contributed by atoms with E-state index in [2.05, 4.69) is 21.2 Å². The van der Waals surface area contributed by atoms with Gasteiger partial charge in [-0.25, -0.2) is 8.42 Å². The van der Waals surface area contributed by atoms with E-state index in [-0.39, 0.29) is 10.9 Å². The molecular formula is C16H18BrNO4S. The summed E-state index contributed by atoms with van der Waals surface area (Å²) in [6, 6.07) is 10.5. The van der Waals surface area contributed by atoms with Gasteiger partial charge in [0.15, 0.2) is 5.76 Å². The molecule has 1 heterocycles. The predicted octanol–water partition coefficient (Wildman–Crippen LogP) is 3.20. The van der Waals surface area contributed by atoms with Gasteiger partial charge >= 0.3 is 0 Å². The van der Waals surface area contributed by atoms with Gasteiger partial charge < -0.3 is 9.73 Å². The molecule has 5 nitrogen and oxygen atoms in total. The summed E-state index contributed by atoms with van der Waals surface area (Å²) in [6.45, 7) is 3.79. The number of carbonyl (C=O) groups excluding carboxylic acids is 1. The molecule has 0 bridgehead atoms. The molecular weight excluding hydrogens is 382 g/mol. The van der Waals surface area contributed by atoms with E-state index in [4.69, 9.17) is 4.42 Å². The molecule has 0 radical (unpaired) electrons. The zero-order valence-electron chi connectivity index (χ0n) is 13.1. The molecule has 0 saturated heterocycles. The molecule has 2 aromatic rings. The Hall–Kier alpha value is -1.60. The molecule has 0 fully saturated rings. The largest absolute Gasteiger partial charge is 0.440 e. The lowest BCUT2D eigenvalue weighted by Gasteiger charge is -2.26. The lowest BCUT2D eigenvalue weighted by atomic mass is 9.95. The summed E-state index contributed by atoms with van der Waals surface area (Å²) in [4.78, 5) is 12.2. The lowest BCUT2D eigenvalue weighted by Crippen LogP contribution is -2.45. The normalized spacial score (nSPS) is 12.2. The molecule has 0 unspecified atom stereocenters. The molecule has 1 aromatic carbocycles. The number of rotatable bonds is 5. The number of amides is 1. The Morgan fingerprint density at radius 2 is 1.78 bits per heavy atom. The average molecular weight is 400 g/mol. The molecule has 124 valence electrons. The molecule has 1 amide bonds. The fourth-order valence-corrected chi connectivity index (χ4v) is 2.99. The first kappa shape index (κ1) is 17.7. The minimum Gasteiger partial charge on any atom is -0.440 e. The van der Waals surface area contributed by atoms with E-state index in [1.54, 1.807) is 0 Å². The first-order chi connectivity index (χ1) is 10.6. The van der Waals surface area contributed by atoms with Gasteiger partial charge in [-0.3, -0.25) is 4.79 Å². The number of carbonyl (C=O) groups is 1. The van der Waals surface area contributed by atoms with Gasteiger partial charge in [-0.05, 0) is 50.1 Å². The molecule has 0 aliphatic heterocycles. The van der Waals surface area contributed by atoms with Crippen LogP contribution >= 0.6 is 15.9 Å². The number of sulfone groups is 1. The second-order valence-electron chi connectivity index (χ2n) is 6.03. The first-order valence-corrected chi connectivity index (χ1v) is 9.62. The first-order valence-electron chi connectivity index (χ1n) is 6.94. The second-order valence-corrected chi connectivity index (χ2v) is 8.89. The van der Waals surface area contributed by atoms with E-state index in [1.807, 2.05) is 38.1 Å². The predicted molar refractivity (Wildman–Crippen MR) is 91.2 cm³/mol. The number of hydrogen-bond donors (Lipinski definition) is 1. The van der Waals surface area contributed by atoms with Gasteiger partial charge in [0.05, 0.1) is 0 Å². The maximum atomic E-state index is 12.2. The number of halogens is 1. The highest BCUT2D eigenvalue weighted by molar-refractivity contribution is 9.10. The second kappa shape index (κ2) is 6.49. The molecule has 0 aliphatic rings. The topological polar surface area (TPSA) is 76.4 Å². The van der Waals surface area contributed by atoms with Crippen LogP contribution in [0.25, 0.3) is 0 Å². The molecule has 23 heavy (non-hydrogen) atoms. The summed E-state index contributed by atoms with van der Waals surface area (Å²) in [6.07, 6.45) is 1.66. The Morgan fingerprint density at radius 3 is 2.30 bits per heavy atom. The number of hydrogen-bond acceptors (Lipinski definition) is 4. The van der Waals surface area contributed by atoms with Crippen molar-refractivity contribution in [3.8, 4) is 0 Å². The van der Waals surface area contributed by atoms with Crippen molar-refractivity contribution in [3.63, 3.8) is 0 Å². The van der Waals surface area contributed by atoms with Gasteiger partial charge in [0, 0.05) is 16.3 Å². The van der Waals surface area contributed by atoms with Crippen LogP contribution in [0.4, 0.5) is 0 Å². The van der Waals surface area contributed by atoms with Crippen LogP contribution in [-0.4, -0.2) is 26.1 Å². The van der Waals surface area contributed by atoms with Crippen molar-refractivity contribution in [3.05, 3.63) is 52.2 Å². The van der Waals surface area contributed by atoms with Crippen molar-refractivity contribution >= 4 is 31.7 Å².